The second kappa shape index (κ2) is 6.18. The van der Waals surface area contributed by atoms with Gasteiger partial charge in [-0.3, -0.25) is 15.1 Å². The number of amides is 1. The molecule has 1 amide bonds. The summed E-state index contributed by atoms with van der Waals surface area (Å²) < 4.78 is 7.04. The van der Waals surface area contributed by atoms with Crippen molar-refractivity contribution in [1.82, 2.24) is 10.3 Å². The molecular formula is C11H13Cl2N4O2+. The summed E-state index contributed by atoms with van der Waals surface area (Å²) in [5.74, 6) is -0.0902. The van der Waals surface area contributed by atoms with Crippen molar-refractivity contribution in [3.8, 4) is 0 Å². The molecule has 2 heterocycles. The zero-order chi connectivity index (χ0) is 13.8. The lowest BCUT2D eigenvalue weighted by atomic mass is 10.2. The Bertz CT molecular complexity index is 505. The molecule has 0 bridgehead atoms. The Labute approximate surface area is 120 Å². The van der Waals surface area contributed by atoms with Gasteiger partial charge in [-0.05, 0) is 12.1 Å². The van der Waals surface area contributed by atoms with Crippen LogP contribution in [0.15, 0.2) is 12.1 Å². The van der Waals surface area contributed by atoms with E-state index in [9.17, 15) is 4.79 Å². The number of morpholine rings is 1. The van der Waals surface area contributed by atoms with Gasteiger partial charge in [0.25, 0.3) is 0 Å². The minimum absolute atomic E-state index is 0.155. The van der Waals surface area contributed by atoms with E-state index in [0.717, 1.165) is 0 Å². The van der Waals surface area contributed by atoms with Crippen LogP contribution in [-0.2, 0) is 4.74 Å². The van der Waals surface area contributed by atoms with E-state index in [0.29, 0.717) is 31.9 Å². The first kappa shape index (κ1) is 14.0. The van der Waals surface area contributed by atoms with E-state index in [1.54, 1.807) is 0 Å². The lowest BCUT2D eigenvalue weighted by Crippen LogP contribution is -2.47. The van der Waals surface area contributed by atoms with Crippen molar-refractivity contribution in [2.45, 2.75) is 0 Å². The van der Waals surface area contributed by atoms with Crippen LogP contribution in [0.1, 0.15) is 10.4 Å². The van der Waals surface area contributed by atoms with E-state index in [-0.39, 0.29) is 22.2 Å². The minimum atomic E-state index is -0.379. The summed E-state index contributed by atoms with van der Waals surface area (Å²) >= 11 is 11.5. The number of nitrogens with one attached hydrogen (secondary N) is 1. The summed E-state index contributed by atoms with van der Waals surface area (Å²) in [6.07, 6.45) is 0. The van der Waals surface area contributed by atoms with Crippen molar-refractivity contribution >= 4 is 35.1 Å². The lowest BCUT2D eigenvalue weighted by Gasteiger charge is -2.16. The molecule has 0 unspecified atom stereocenters. The topological polar surface area (TPSA) is 80.2 Å². The molecule has 0 aromatic carbocycles. The highest BCUT2D eigenvalue weighted by Crippen LogP contribution is 2.14. The first-order chi connectivity index (χ1) is 9.06. The van der Waals surface area contributed by atoms with Crippen molar-refractivity contribution in [2.75, 3.05) is 26.3 Å². The van der Waals surface area contributed by atoms with E-state index in [2.05, 4.69) is 10.3 Å². The molecule has 8 heteroatoms. The molecular weight excluding hydrogens is 291 g/mol. The Morgan fingerprint density at radius 3 is 2.47 bits per heavy atom. The van der Waals surface area contributed by atoms with E-state index in [1.807, 2.05) is 4.58 Å². The number of pyridine rings is 1. The Kier molecular flexibility index (Phi) is 4.57. The van der Waals surface area contributed by atoms with Crippen molar-refractivity contribution in [3.05, 3.63) is 28.0 Å². The van der Waals surface area contributed by atoms with Gasteiger partial charge in [-0.1, -0.05) is 23.2 Å². The van der Waals surface area contributed by atoms with Gasteiger partial charge in [0, 0.05) is 0 Å². The number of guanidine groups is 1. The van der Waals surface area contributed by atoms with E-state index >= 15 is 0 Å². The number of carbonyl (C=O) groups is 1. The largest absolute Gasteiger partial charge is 0.375 e. The van der Waals surface area contributed by atoms with Crippen LogP contribution < -0.4 is 11.1 Å². The molecule has 0 aliphatic carbocycles. The predicted molar refractivity (Wildman–Crippen MR) is 71.7 cm³/mol. The molecule has 0 saturated carbocycles. The fourth-order valence-electron chi connectivity index (χ4n) is 1.67. The fraction of sp³-hybridized carbons (Fsp3) is 0.364. The smallest absolute Gasteiger partial charge is 0.351 e. The molecule has 1 aliphatic heterocycles. The van der Waals surface area contributed by atoms with Gasteiger partial charge in [-0.2, -0.15) is 0 Å². The second-order valence-corrected chi connectivity index (χ2v) is 4.71. The number of halogens is 2. The molecule has 1 aromatic rings. The molecule has 19 heavy (non-hydrogen) atoms. The number of hydrogen-bond donors (Lipinski definition) is 2. The summed E-state index contributed by atoms with van der Waals surface area (Å²) in [5, 5.41) is 2.91. The van der Waals surface area contributed by atoms with Crippen LogP contribution in [0.3, 0.4) is 0 Å². The van der Waals surface area contributed by atoms with Gasteiger partial charge >= 0.3 is 11.9 Å². The molecule has 0 spiro atoms. The van der Waals surface area contributed by atoms with Crippen molar-refractivity contribution in [3.63, 3.8) is 0 Å². The minimum Gasteiger partial charge on any atom is -0.375 e. The summed E-state index contributed by atoms with van der Waals surface area (Å²) in [7, 11) is 0. The number of nitrogens with zero attached hydrogens (tertiary/aromatic N) is 2. The Hall–Kier alpha value is -1.37. The van der Waals surface area contributed by atoms with Crippen LogP contribution in [0, 0.1) is 0 Å². The summed E-state index contributed by atoms with van der Waals surface area (Å²) in [6.45, 7) is 2.46. The van der Waals surface area contributed by atoms with Gasteiger partial charge in [0.05, 0.1) is 31.9 Å². The number of ether oxygens (including phenoxy) is 1. The first-order valence-electron chi connectivity index (χ1n) is 5.66. The summed E-state index contributed by atoms with van der Waals surface area (Å²) in [5.41, 5.74) is 6.14. The van der Waals surface area contributed by atoms with Gasteiger partial charge < -0.3 is 4.74 Å². The average molecular weight is 304 g/mol. The third-order valence-corrected chi connectivity index (χ3v) is 3.01. The zero-order valence-corrected chi connectivity index (χ0v) is 11.5. The quantitative estimate of drug-likeness (QED) is 0.449. The zero-order valence-electron chi connectivity index (χ0n) is 10.0. The number of nitrogens with two attached hydrogens (primary N) is 1. The second-order valence-electron chi connectivity index (χ2n) is 3.94. The molecule has 1 fully saturated rings. The molecule has 1 aliphatic rings. The Morgan fingerprint density at radius 2 is 1.89 bits per heavy atom. The normalized spacial score (nSPS) is 15.2. The first-order valence-corrected chi connectivity index (χ1v) is 6.41. The van der Waals surface area contributed by atoms with Crippen LogP contribution in [0.2, 0.25) is 10.3 Å². The summed E-state index contributed by atoms with van der Waals surface area (Å²) in [4.78, 5) is 15.8. The van der Waals surface area contributed by atoms with Crippen LogP contribution in [0.4, 0.5) is 0 Å². The molecule has 2 rings (SSSR count). The van der Waals surface area contributed by atoms with Gasteiger partial charge in [-0.15, -0.1) is 0 Å². The van der Waals surface area contributed by atoms with Gasteiger partial charge in [0.2, 0.25) is 0 Å². The maximum absolute atomic E-state index is 12.0. The highest BCUT2D eigenvalue weighted by atomic mass is 35.5. The predicted octanol–water partition coefficient (Wildman–Crippen LogP) is 0.476. The molecule has 0 atom stereocenters. The van der Waals surface area contributed by atoms with Gasteiger partial charge in [0.1, 0.15) is 10.3 Å². The Balaban J connectivity index is 2.12. The Morgan fingerprint density at radius 1 is 1.32 bits per heavy atom. The molecule has 6 nitrogen and oxygen atoms in total. The fourth-order valence-corrected chi connectivity index (χ4v) is 2.13. The number of aromatic nitrogens is 1. The molecule has 0 radical (unpaired) electrons. The summed E-state index contributed by atoms with van der Waals surface area (Å²) in [6, 6.07) is 2.85. The van der Waals surface area contributed by atoms with E-state index in [1.165, 1.54) is 12.1 Å². The van der Waals surface area contributed by atoms with Crippen molar-refractivity contribution < 1.29 is 14.1 Å². The maximum Gasteiger partial charge on any atom is 0.351 e. The van der Waals surface area contributed by atoms with Crippen molar-refractivity contribution in [2.24, 2.45) is 5.73 Å². The number of carbonyl (C=O) groups excluding carboxylic acids is 1. The molecule has 3 N–H and O–H groups in total. The highest BCUT2D eigenvalue weighted by molar-refractivity contribution is 6.33. The number of hydrogen-bond acceptors (Lipinski definition) is 3. The third-order valence-electron chi connectivity index (χ3n) is 2.62. The maximum atomic E-state index is 12.0. The standard InChI is InChI=1S/C11H12Cl2N4O2/c12-8-5-7(6-9(13)15-8)10(18)16-11(14)17-1-3-19-4-2-17/h5-6H,1-4H2,(H2,14,16,18)/p+1. The van der Waals surface area contributed by atoms with E-state index < -0.39 is 0 Å². The average Bonchev–Trinajstić information content (AvgIpc) is 2.38. The third kappa shape index (κ3) is 3.79. The van der Waals surface area contributed by atoms with E-state index in [4.69, 9.17) is 33.7 Å². The molecule has 1 saturated heterocycles. The van der Waals surface area contributed by atoms with Crippen LogP contribution in [0.5, 0.6) is 0 Å². The molecule has 102 valence electrons. The number of rotatable bonds is 1. The lowest BCUT2D eigenvalue weighted by molar-refractivity contribution is -0.551. The highest BCUT2D eigenvalue weighted by Gasteiger charge is 2.18. The van der Waals surface area contributed by atoms with Crippen LogP contribution >= 0.6 is 23.2 Å². The SMILES string of the molecule is NC(NC(=O)c1cc(Cl)nc(Cl)c1)=[N+]1CCOCC1. The van der Waals surface area contributed by atoms with Gasteiger partial charge in [-0.25, -0.2) is 10.3 Å². The van der Waals surface area contributed by atoms with Crippen molar-refractivity contribution in [1.29, 1.82) is 0 Å². The monoisotopic (exact) mass is 303 g/mol. The van der Waals surface area contributed by atoms with Crippen LogP contribution in [-0.4, -0.2) is 47.7 Å². The van der Waals surface area contributed by atoms with Crippen LogP contribution in [0.25, 0.3) is 0 Å². The molecule has 1 aromatic heterocycles. The van der Waals surface area contributed by atoms with Gasteiger partial charge in [0.15, 0.2) is 0 Å².